The second kappa shape index (κ2) is 6.20. The molecule has 0 unspecified atom stereocenters. The van der Waals surface area contributed by atoms with Crippen LogP contribution in [0.3, 0.4) is 0 Å². The van der Waals surface area contributed by atoms with E-state index in [1.807, 2.05) is 16.7 Å². The molecule has 0 radical (unpaired) electrons. The number of aromatic nitrogens is 3. The van der Waals surface area contributed by atoms with Gasteiger partial charge in [0.05, 0.1) is 18.0 Å². The van der Waals surface area contributed by atoms with Gasteiger partial charge in [0, 0.05) is 24.0 Å². The van der Waals surface area contributed by atoms with Crippen molar-refractivity contribution in [1.29, 1.82) is 0 Å². The highest BCUT2D eigenvalue weighted by Crippen LogP contribution is 2.26. The number of hydrogen-bond donors (Lipinski definition) is 2. The summed E-state index contributed by atoms with van der Waals surface area (Å²) in [5.74, 6) is 0.456. The largest absolute Gasteiger partial charge is 0.393 e. The number of aliphatic hydroxyl groups excluding tert-OH is 1. The summed E-state index contributed by atoms with van der Waals surface area (Å²) in [5.41, 5.74) is 2.33. The lowest BCUT2D eigenvalue weighted by molar-refractivity contribution is 0.126. The van der Waals surface area contributed by atoms with Crippen LogP contribution >= 0.6 is 0 Å². The number of nitrogens with one attached hydrogen (secondary N) is 1. The minimum atomic E-state index is -0.268. The van der Waals surface area contributed by atoms with Gasteiger partial charge in [-0.3, -0.25) is 4.40 Å². The number of imidazole rings is 1. The quantitative estimate of drug-likeness (QED) is 0.775. The summed E-state index contributed by atoms with van der Waals surface area (Å²) >= 11 is 0. The van der Waals surface area contributed by atoms with Gasteiger partial charge in [-0.05, 0) is 37.8 Å². The number of fused-ring (bicyclic) bond motifs is 1. The molecule has 24 heavy (non-hydrogen) atoms. The topological polar surface area (TPSA) is 62.5 Å². The molecule has 3 aromatic rings. The maximum Gasteiger partial charge on any atom is 0.180 e. The van der Waals surface area contributed by atoms with E-state index in [-0.39, 0.29) is 11.9 Å². The van der Waals surface area contributed by atoms with Gasteiger partial charge < -0.3 is 10.4 Å². The SMILES string of the molecule is OC1CCC(Nc2nccn3c(-c4cccc(F)c4)cnc23)CC1. The van der Waals surface area contributed by atoms with Crippen LogP contribution in [-0.2, 0) is 0 Å². The minimum Gasteiger partial charge on any atom is -0.393 e. The summed E-state index contributed by atoms with van der Waals surface area (Å²) in [7, 11) is 0. The second-order valence-corrected chi connectivity index (χ2v) is 6.27. The molecule has 2 aromatic heterocycles. The van der Waals surface area contributed by atoms with Crippen LogP contribution in [0, 0.1) is 5.82 Å². The molecule has 1 aromatic carbocycles. The summed E-state index contributed by atoms with van der Waals surface area (Å²) in [4.78, 5) is 8.88. The highest BCUT2D eigenvalue weighted by atomic mass is 19.1. The van der Waals surface area contributed by atoms with Crippen LogP contribution in [0.2, 0.25) is 0 Å². The van der Waals surface area contributed by atoms with Crippen molar-refractivity contribution in [2.45, 2.75) is 37.8 Å². The van der Waals surface area contributed by atoms with Crippen molar-refractivity contribution in [2.75, 3.05) is 5.32 Å². The molecule has 1 aliphatic rings. The molecular formula is C18H19FN4O. The first-order valence-electron chi connectivity index (χ1n) is 8.23. The molecular weight excluding hydrogens is 307 g/mol. The lowest BCUT2D eigenvalue weighted by Gasteiger charge is -2.26. The Bertz CT molecular complexity index is 855. The normalized spacial score (nSPS) is 21.1. The maximum atomic E-state index is 13.5. The first kappa shape index (κ1) is 15.1. The standard InChI is InChI=1S/C18H19FN4O/c19-13-3-1-2-12(10-13)16-11-21-18-17(20-8-9-23(16)18)22-14-4-6-15(24)7-5-14/h1-3,8-11,14-15,24H,4-7H2,(H,20,22). The minimum absolute atomic E-state index is 0.183. The number of benzene rings is 1. The summed E-state index contributed by atoms with van der Waals surface area (Å²) < 4.78 is 15.4. The van der Waals surface area contributed by atoms with Crippen LogP contribution in [0.1, 0.15) is 25.7 Å². The number of rotatable bonds is 3. The van der Waals surface area contributed by atoms with Crippen LogP contribution < -0.4 is 5.32 Å². The van der Waals surface area contributed by atoms with E-state index in [0.717, 1.165) is 48.4 Å². The summed E-state index contributed by atoms with van der Waals surface area (Å²) in [6.45, 7) is 0. The average Bonchev–Trinajstić information content (AvgIpc) is 3.02. The highest BCUT2D eigenvalue weighted by Gasteiger charge is 2.21. The van der Waals surface area contributed by atoms with Crippen LogP contribution in [-0.4, -0.2) is 31.6 Å². The third kappa shape index (κ3) is 2.85. The molecule has 0 saturated heterocycles. The van der Waals surface area contributed by atoms with Gasteiger partial charge in [0.15, 0.2) is 11.5 Å². The van der Waals surface area contributed by atoms with E-state index in [4.69, 9.17) is 0 Å². The molecule has 124 valence electrons. The molecule has 1 fully saturated rings. The van der Waals surface area contributed by atoms with Crippen molar-refractivity contribution in [3.05, 3.63) is 48.7 Å². The van der Waals surface area contributed by atoms with Gasteiger partial charge >= 0.3 is 0 Å². The Morgan fingerprint density at radius 1 is 1.17 bits per heavy atom. The number of nitrogens with zero attached hydrogens (tertiary/aromatic N) is 3. The first-order valence-corrected chi connectivity index (χ1v) is 8.23. The summed E-state index contributed by atoms with van der Waals surface area (Å²) in [6, 6.07) is 6.78. The lowest BCUT2D eigenvalue weighted by atomic mass is 9.93. The van der Waals surface area contributed by atoms with Gasteiger partial charge in [-0.2, -0.15) is 0 Å². The molecule has 0 spiro atoms. The van der Waals surface area contributed by atoms with Crippen LogP contribution in [0.4, 0.5) is 10.2 Å². The Kier molecular flexibility index (Phi) is 3.90. The Balaban J connectivity index is 1.66. The van der Waals surface area contributed by atoms with Gasteiger partial charge in [0.25, 0.3) is 0 Å². The van der Waals surface area contributed by atoms with Crippen molar-refractivity contribution >= 4 is 11.5 Å². The highest BCUT2D eigenvalue weighted by molar-refractivity contribution is 5.70. The zero-order valence-corrected chi connectivity index (χ0v) is 13.2. The Morgan fingerprint density at radius 2 is 2.00 bits per heavy atom. The summed E-state index contributed by atoms with van der Waals surface area (Å²) in [5, 5.41) is 13.1. The molecule has 5 nitrogen and oxygen atoms in total. The van der Waals surface area contributed by atoms with E-state index in [2.05, 4.69) is 15.3 Å². The van der Waals surface area contributed by atoms with Crippen LogP contribution in [0.25, 0.3) is 16.9 Å². The van der Waals surface area contributed by atoms with Gasteiger partial charge in [-0.1, -0.05) is 12.1 Å². The van der Waals surface area contributed by atoms with E-state index in [0.29, 0.717) is 6.04 Å². The molecule has 0 amide bonds. The summed E-state index contributed by atoms with van der Waals surface area (Å²) in [6.07, 6.45) is 8.56. The van der Waals surface area contributed by atoms with Crippen molar-refractivity contribution < 1.29 is 9.50 Å². The molecule has 6 heteroatoms. The van der Waals surface area contributed by atoms with Gasteiger partial charge in [-0.15, -0.1) is 0 Å². The van der Waals surface area contributed by atoms with Crippen molar-refractivity contribution in [3.8, 4) is 11.3 Å². The molecule has 0 atom stereocenters. The van der Waals surface area contributed by atoms with Crippen molar-refractivity contribution in [2.24, 2.45) is 0 Å². The Morgan fingerprint density at radius 3 is 2.79 bits per heavy atom. The fourth-order valence-electron chi connectivity index (χ4n) is 3.30. The fourth-order valence-corrected chi connectivity index (χ4v) is 3.30. The molecule has 1 saturated carbocycles. The maximum absolute atomic E-state index is 13.5. The zero-order chi connectivity index (χ0) is 16.5. The zero-order valence-electron chi connectivity index (χ0n) is 13.2. The number of anilines is 1. The van der Waals surface area contributed by atoms with E-state index in [1.165, 1.54) is 12.1 Å². The van der Waals surface area contributed by atoms with E-state index in [9.17, 15) is 9.50 Å². The third-order valence-electron chi connectivity index (χ3n) is 4.59. The molecule has 4 rings (SSSR count). The lowest BCUT2D eigenvalue weighted by Crippen LogP contribution is -2.28. The second-order valence-electron chi connectivity index (χ2n) is 6.27. The smallest absolute Gasteiger partial charge is 0.180 e. The number of hydrogen-bond acceptors (Lipinski definition) is 4. The van der Waals surface area contributed by atoms with Crippen LogP contribution in [0.5, 0.6) is 0 Å². The van der Waals surface area contributed by atoms with Gasteiger partial charge in [0.2, 0.25) is 0 Å². The predicted octanol–water partition coefficient (Wildman–Crippen LogP) is 3.25. The van der Waals surface area contributed by atoms with Gasteiger partial charge in [0.1, 0.15) is 5.82 Å². The van der Waals surface area contributed by atoms with E-state index < -0.39 is 0 Å². The van der Waals surface area contributed by atoms with Crippen molar-refractivity contribution in [3.63, 3.8) is 0 Å². The Hall–Kier alpha value is -2.47. The van der Waals surface area contributed by atoms with Crippen molar-refractivity contribution in [1.82, 2.24) is 14.4 Å². The molecule has 1 aliphatic carbocycles. The predicted molar refractivity (Wildman–Crippen MR) is 90.3 cm³/mol. The monoisotopic (exact) mass is 326 g/mol. The van der Waals surface area contributed by atoms with E-state index >= 15 is 0 Å². The first-order chi connectivity index (χ1) is 11.7. The molecule has 0 bridgehead atoms. The van der Waals surface area contributed by atoms with E-state index in [1.54, 1.807) is 18.5 Å². The number of aliphatic hydroxyl groups is 1. The molecule has 0 aliphatic heterocycles. The molecule has 2 heterocycles. The number of halogens is 1. The third-order valence-corrected chi connectivity index (χ3v) is 4.59. The molecule has 2 N–H and O–H groups in total. The van der Waals surface area contributed by atoms with Gasteiger partial charge in [-0.25, -0.2) is 14.4 Å². The van der Waals surface area contributed by atoms with Crippen LogP contribution in [0.15, 0.2) is 42.9 Å². The Labute approximate surface area is 139 Å². The average molecular weight is 326 g/mol. The fraction of sp³-hybridized carbons (Fsp3) is 0.333.